The van der Waals surface area contributed by atoms with Gasteiger partial charge in [-0.05, 0) is 29.7 Å². The van der Waals surface area contributed by atoms with Crippen LogP contribution < -0.4 is 5.56 Å². The molecule has 1 amide bonds. The second kappa shape index (κ2) is 7.00. The Morgan fingerprint density at radius 3 is 2.72 bits per heavy atom. The van der Waals surface area contributed by atoms with Crippen LogP contribution in [0.1, 0.15) is 27.4 Å². The average Bonchev–Trinajstić information content (AvgIpc) is 3.11. The lowest BCUT2D eigenvalue weighted by Crippen LogP contribution is -2.39. The van der Waals surface area contributed by atoms with Crippen molar-refractivity contribution in [1.29, 1.82) is 0 Å². The minimum absolute atomic E-state index is 0.0434. The van der Waals surface area contributed by atoms with Crippen LogP contribution in [-0.2, 0) is 20.0 Å². The molecule has 0 saturated carbocycles. The van der Waals surface area contributed by atoms with Crippen molar-refractivity contribution in [3.63, 3.8) is 0 Å². The molecular weight excluding hydrogens is 403 g/mol. The topological polar surface area (TPSA) is 101 Å². The number of carbonyl (C=O) groups excluding carboxylic acids is 1. The van der Waals surface area contributed by atoms with E-state index in [1.807, 2.05) is 0 Å². The highest BCUT2D eigenvalue weighted by Gasteiger charge is 2.34. The SMILES string of the molecule is Cc1nnc(-c2c3c(c(O)c(=O)n2C)C(=O)N(Cc2ccc(F)c(Cl)c2)CC3)o1. The number of aromatic nitrogens is 3. The number of hydrogen-bond donors (Lipinski definition) is 1. The van der Waals surface area contributed by atoms with Crippen molar-refractivity contribution in [2.75, 3.05) is 6.54 Å². The van der Waals surface area contributed by atoms with E-state index in [4.69, 9.17) is 16.0 Å². The number of rotatable bonds is 3. The lowest BCUT2D eigenvalue weighted by molar-refractivity contribution is 0.0722. The fraction of sp³-hybridized carbons (Fsp3) is 0.263. The van der Waals surface area contributed by atoms with Gasteiger partial charge in [-0.3, -0.25) is 9.59 Å². The summed E-state index contributed by atoms with van der Waals surface area (Å²) in [6.45, 7) is 2.09. The van der Waals surface area contributed by atoms with Gasteiger partial charge in [-0.1, -0.05) is 17.7 Å². The Morgan fingerprint density at radius 2 is 2.07 bits per heavy atom. The third-order valence-corrected chi connectivity index (χ3v) is 5.18. The van der Waals surface area contributed by atoms with E-state index in [2.05, 4.69) is 10.2 Å². The Balaban J connectivity index is 1.78. The molecule has 0 atom stereocenters. The van der Waals surface area contributed by atoms with Crippen molar-refractivity contribution in [1.82, 2.24) is 19.7 Å². The zero-order valence-corrected chi connectivity index (χ0v) is 16.3. The third-order valence-electron chi connectivity index (χ3n) is 4.89. The third kappa shape index (κ3) is 3.17. The van der Waals surface area contributed by atoms with Gasteiger partial charge in [-0.15, -0.1) is 10.2 Å². The van der Waals surface area contributed by atoms with Gasteiger partial charge in [-0.25, -0.2) is 4.39 Å². The number of aromatic hydroxyl groups is 1. The highest BCUT2D eigenvalue weighted by atomic mass is 35.5. The van der Waals surface area contributed by atoms with Gasteiger partial charge in [0.25, 0.3) is 17.4 Å². The maximum absolute atomic E-state index is 13.4. The molecule has 1 aromatic carbocycles. The highest BCUT2D eigenvalue weighted by molar-refractivity contribution is 6.30. The van der Waals surface area contributed by atoms with Gasteiger partial charge in [0.2, 0.25) is 5.89 Å². The molecule has 8 nitrogen and oxygen atoms in total. The fourth-order valence-electron chi connectivity index (χ4n) is 3.49. The minimum atomic E-state index is -0.741. The van der Waals surface area contributed by atoms with Crippen LogP contribution in [0.25, 0.3) is 11.6 Å². The molecule has 0 spiro atoms. The fourth-order valence-corrected chi connectivity index (χ4v) is 3.69. The smallest absolute Gasteiger partial charge is 0.293 e. The Kier molecular flexibility index (Phi) is 4.62. The standard InChI is InChI=1S/C19H16ClFN4O4/c1-9-22-23-17(29-9)15-11-5-6-25(8-10-3-4-13(21)12(20)7-10)18(27)14(11)16(26)19(28)24(15)2/h3-4,7,26H,5-6,8H2,1-2H3. The molecule has 4 rings (SSSR count). The molecule has 3 heterocycles. The molecule has 1 aliphatic heterocycles. The molecule has 0 aliphatic carbocycles. The molecule has 1 N–H and O–H groups in total. The summed E-state index contributed by atoms with van der Waals surface area (Å²) in [5, 5.41) is 18.1. The summed E-state index contributed by atoms with van der Waals surface area (Å²) in [6, 6.07) is 4.19. The maximum atomic E-state index is 13.4. The Labute approximate surface area is 169 Å². The molecular formula is C19H16ClFN4O4. The van der Waals surface area contributed by atoms with E-state index in [1.165, 1.54) is 34.7 Å². The van der Waals surface area contributed by atoms with Crippen molar-refractivity contribution in [3.05, 3.63) is 62.0 Å². The zero-order valence-electron chi connectivity index (χ0n) is 15.6. The quantitative estimate of drug-likeness (QED) is 0.701. The van der Waals surface area contributed by atoms with Crippen LogP contribution in [-0.4, -0.2) is 37.2 Å². The van der Waals surface area contributed by atoms with E-state index in [9.17, 15) is 19.1 Å². The van der Waals surface area contributed by atoms with E-state index >= 15 is 0 Å². The van der Waals surface area contributed by atoms with Crippen LogP contribution in [0.4, 0.5) is 4.39 Å². The van der Waals surface area contributed by atoms with Crippen molar-refractivity contribution >= 4 is 17.5 Å². The Morgan fingerprint density at radius 1 is 1.31 bits per heavy atom. The summed E-state index contributed by atoms with van der Waals surface area (Å²) < 4.78 is 20.0. The summed E-state index contributed by atoms with van der Waals surface area (Å²) >= 11 is 5.82. The van der Waals surface area contributed by atoms with Crippen LogP contribution in [0.5, 0.6) is 5.75 Å². The van der Waals surface area contributed by atoms with Gasteiger partial charge < -0.3 is 19.0 Å². The van der Waals surface area contributed by atoms with Gasteiger partial charge in [-0.2, -0.15) is 0 Å². The van der Waals surface area contributed by atoms with Crippen molar-refractivity contribution in [2.24, 2.45) is 7.05 Å². The van der Waals surface area contributed by atoms with Crippen LogP contribution in [0, 0.1) is 12.7 Å². The van der Waals surface area contributed by atoms with Crippen LogP contribution in [0.15, 0.2) is 27.4 Å². The first kappa shape index (κ1) is 19.1. The predicted molar refractivity (Wildman–Crippen MR) is 101 cm³/mol. The summed E-state index contributed by atoms with van der Waals surface area (Å²) in [7, 11) is 1.47. The Hall–Kier alpha value is -3.20. The van der Waals surface area contributed by atoms with Crippen molar-refractivity contribution in [2.45, 2.75) is 19.9 Å². The van der Waals surface area contributed by atoms with E-state index < -0.39 is 23.0 Å². The molecule has 1 aliphatic rings. The summed E-state index contributed by atoms with van der Waals surface area (Å²) in [5.41, 5.74) is 0.574. The molecule has 2 aromatic heterocycles. The zero-order chi connectivity index (χ0) is 20.9. The molecule has 0 bridgehead atoms. The Bertz CT molecular complexity index is 1200. The average molecular weight is 419 g/mol. The number of aryl methyl sites for hydroxylation is 1. The molecule has 0 fully saturated rings. The summed E-state index contributed by atoms with van der Waals surface area (Å²) in [5.74, 6) is -1.28. The second-order valence-electron chi connectivity index (χ2n) is 6.77. The monoisotopic (exact) mass is 418 g/mol. The van der Waals surface area contributed by atoms with Gasteiger partial charge in [0.15, 0.2) is 5.75 Å². The first-order chi connectivity index (χ1) is 13.8. The predicted octanol–water partition coefficient (Wildman–Crippen LogP) is 2.44. The van der Waals surface area contributed by atoms with E-state index in [1.54, 1.807) is 6.92 Å². The first-order valence-corrected chi connectivity index (χ1v) is 9.14. The van der Waals surface area contributed by atoms with Crippen molar-refractivity contribution < 1.29 is 18.7 Å². The van der Waals surface area contributed by atoms with Gasteiger partial charge in [0.05, 0.1) is 10.6 Å². The highest BCUT2D eigenvalue weighted by Crippen LogP contribution is 2.33. The number of nitrogens with zero attached hydrogens (tertiary/aromatic N) is 4. The van der Waals surface area contributed by atoms with Crippen molar-refractivity contribution in [3.8, 4) is 17.3 Å². The number of benzene rings is 1. The van der Waals surface area contributed by atoms with E-state index in [0.717, 1.165) is 0 Å². The van der Waals surface area contributed by atoms with Crippen LogP contribution in [0.3, 0.4) is 0 Å². The van der Waals surface area contributed by atoms with Crippen LogP contribution in [0.2, 0.25) is 5.02 Å². The first-order valence-electron chi connectivity index (χ1n) is 8.76. The second-order valence-corrected chi connectivity index (χ2v) is 7.17. The number of fused-ring (bicyclic) bond motifs is 1. The molecule has 29 heavy (non-hydrogen) atoms. The molecule has 3 aromatic rings. The summed E-state index contributed by atoms with van der Waals surface area (Å²) in [4.78, 5) is 27.1. The summed E-state index contributed by atoms with van der Waals surface area (Å²) in [6.07, 6.45) is 0.356. The number of amides is 1. The number of halogens is 2. The molecule has 150 valence electrons. The largest absolute Gasteiger partial charge is 0.502 e. The van der Waals surface area contributed by atoms with Gasteiger partial charge in [0, 0.05) is 27.1 Å². The number of hydrogen-bond acceptors (Lipinski definition) is 6. The number of carbonyl (C=O) groups is 1. The van der Waals surface area contributed by atoms with E-state index in [0.29, 0.717) is 35.7 Å². The van der Waals surface area contributed by atoms with Gasteiger partial charge in [0.1, 0.15) is 11.5 Å². The lowest BCUT2D eigenvalue weighted by atomic mass is 9.95. The molecule has 0 radical (unpaired) electrons. The minimum Gasteiger partial charge on any atom is -0.502 e. The van der Waals surface area contributed by atoms with Crippen LogP contribution >= 0.6 is 11.6 Å². The molecule has 0 unspecified atom stereocenters. The molecule has 0 saturated heterocycles. The van der Waals surface area contributed by atoms with Gasteiger partial charge >= 0.3 is 0 Å². The maximum Gasteiger partial charge on any atom is 0.293 e. The van der Waals surface area contributed by atoms with E-state index in [-0.39, 0.29) is 23.0 Å². The number of pyridine rings is 1. The molecule has 10 heteroatoms. The lowest BCUT2D eigenvalue weighted by Gasteiger charge is -2.30. The normalized spacial score (nSPS) is 13.7.